The van der Waals surface area contributed by atoms with Gasteiger partial charge < -0.3 is 20.3 Å². The fraction of sp³-hybridized carbons (Fsp3) is 0.250. The first-order valence-corrected chi connectivity index (χ1v) is 8.68. The zero-order valence-corrected chi connectivity index (χ0v) is 14.8. The van der Waals surface area contributed by atoms with Crippen molar-refractivity contribution in [2.24, 2.45) is 0 Å². The van der Waals surface area contributed by atoms with E-state index >= 15 is 0 Å². The Bertz CT molecular complexity index is 870. The molecule has 1 saturated heterocycles. The van der Waals surface area contributed by atoms with Gasteiger partial charge in [0.1, 0.15) is 6.42 Å². The Labute approximate surface area is 157 Å². The maximum atomic E-state index is 12.8. The number of nitrogens with one attached hydrogen (secondary N) is 2. The van der Waals surface area contributed by atoms with E-state index in [2.05, 4.69) is 15.5 Å². The Kier molecular flexibility index (Phi) is 6.02. The van der Waals surface area contributed by atoms with E-state index in [1.807, 2.05) is 24.3 Å². The van der Waals surface area contributed by atoms with Crippen LogP contribution in [0.2, 0.25) is 0 Å². The summed E-state index contributed by atoms with van der Waals surface area (Å²) in [4.78, 5) is 26.7. The van der Waals surface area contributed by atoms with Gasteiger partial charge in [-0.05, 0) is 24.3 Å². The molecule has 1 heterocycles. The molecular formula is C20H20N4O3. The van der Waals surface area contributed by atoms with Crippen LogP contribution < -0.4 is 15.5 Å². The Morgan fingerprint density at radius 2 is 1.67 bits per heavy atom. The van der Waals surface area contributed by atoms with Crippen LogP contribution in [0.1, 0.15) is 16.8 Å². The molecule has 1 aliphatic rings. The molecule has 3 rings (SSSR count). The predicted molar refractivity (Wildman–Crippen MR) is 103 cm³/mol. The second kappa shape index (κ2) is 8.83. The highest BCUT2D eigenvalue weighted by molar-refractivity contribution is 6.11. The minimum Gasteiger partial charge on any atom is -0.378 e. The Morgan fingerprint density at radius 3 is 2.41 bits per heavy atom. The third kappa shape index (κ3) is 4.63. The average molecular weight is 364 g/mol. The summed E-state index contributed by atoms with van der Waals surface area (Å²) in [6, 6.07) is 16.1. The molecule has 0 atom stereocenters. The molecular weight excluding hydrogens is 344 g/mol. The number of carbonyl (C=O) groups excluding carboxylic acids is 2. The number of nitriles is 1. The van der Waals surface area contributed by atoms with Crippen molar-refractivity contribution in [1.29, 1.82) is 5.26 Å². The third-order valence-corrected chi connectivity index (χ3v) is 4.19. The van der Waals surface area contributed by atoms with Crippen LogP contribution in [-0.2, 0) is 9.53 Å². The van der Waals surface area contributed by atoms with Gasteiger partial charge in [0, 0.05) is 13.1 Å². The number of benzene rings is 2. The Balaban J connectivity index is 1.81. The quantitative estimate of drug-likeness (QED) is 0.850. The standard InChI is InChI=1S/C20H20N4O3/c21-10-9-19(25)22-16-6-2-1-5-15(16)20(26)23-17-7-3-4-8-18(17)24-11-13-27-14-12-24/h1-8H,9,11-14H2,(H,22,25)(H,23,26). The molecule has 7 heteroatoms. The number of rotatable bonds is 5. The van der Waals surface area contributed by atoms with Gasteiger partial charge in [-0.1, -0.05) is 24.3 Å². The molecule has 0 spiro atoms. The van der Waals surface area contributed by atoms with Crippen LogP contribution in [0.5, 0.6) is 0 Å². The molecule has 0 unspecified atom stereocenters. The average Bonchev–Trinajstić information content (AvgIpc) is 2.69. The van der Waals surface area contributed by atoms with E-state index < -0.39 is 5.91 Å². The van der Waals surface area contributed by atoms with Crippen molar-refractivity contribution >= 4 is 28.9 Å². The molecule has 0 saturated carbocycles. The second-order valence-electron chi connectivity index (χ2n) is 6.00. The lowest BCUT2D eigenvalue weighted by Crippen LogP contribution is -2.36. The van der Waals surface area contributed by atoms with E-state index in [1.165, 1.54) is 0 Å². The van der Waals surface area contributed by atoms with Crippen molar-refractivity contribution in [3.8, 4) is 6.07 Å². The number of hydrogen-bond donors (Lipinski definition) is 2. The van der Waals surface area contributed by atoms with Crippen LogP contribution in [0.4, 0.5) is 17.1 Å². The summed E-state index contributed by atoms with van der Waals surface area (Å²) in [5, 5.41) is 14.2. The van der Waals surface area contributed by atoms with Crippen LogP contribution in [0.25, 0.3) is 0 Å². The molecule has 2 N–H and O–H groups in total. The van der Waals surface area contributed by atoms with Gasteiger partial charge in [-0.2, -0.15) is 5.26 Å². The lowest BCUT2D eigenvalue weighted by molar-refractivity contribution is -0.115. The summed E-state index contributed by atoms with van der Waals surface area (Å²) in [5.41, 5.74) is 2.34. The zero-order chi connectivity index (χ0) is 19.1. The van der Waals surface area contributed by atoms with Crippen molar-refractivity contribution in [2.75, 3.05) is 41.8 Å². The molecule has 0 bridgehead atoms. The fourth-order valence-electron chi connectivity index (χ4n) is 2.91. The van der Waals surface area contributed by atoms with Gasteiger partial charge in [-0.25, -0.2) is 0 Å². The van der Waals surface area contributed by atoms with Crippen LogP contribution >= 0.6 is 0 Å². The molecule has 138 valence electrons. The molecule has 1 aliphatic heterocycles. The summed E-state index contributed by atoms with van der Waals surface area (Å²) in [6.45, 7) is 2.81. The molecule has 1 fully saturated rings. The number of carbonyl (C=O) groups is 2. The molecule has 7 nitrogen and oxygen atoms in total. The Hall–Kier alpha value is -3.37. The third-order valence-electron chi connectivity index (χ3n) is 4.19. The number of amides is 2. The predicted octanol–water partition coefficient (Wildman–Crippen LogP) is 2.63. The van der Waals surface area contributed by atoms with Gasteiger partial charge in [0.15, 0.2) is 0 Å². The number of ether oxygens (including phenoxy) is 1. The summed E-state index contributed by atoms with van der Waals surface area (Å²) in [5.74, 6) is -0.782. The highest BCUT2D eigenvalue weighted by atomic mass is 16.5. The Morgan fingerprint density at radius 1 is 1.00 bits per heavy atom. The highest BCUT2D eigenvalue weighted by Gasteiger charge is 2.18. The second-order valence-corrected chi connectivity index (χ2v) is 6.00. The van der Waals surface area contributed by atoms with Crippen molar-refractivity contribution in [3.63, 3.8) is 0 Å². The molecule has 0 aliphatic carbocycles. The molecule has 2 aromatic rings. The van der Waals surface area contributed by atoms with Crippen LogP contribution in [-0.4, -0.2) is 38.1 Å². The minimum atomic E-state index is -0.452. The van der Waals surface area contributed by atoms with Crippen molar-refractivity contribution in [3.05, 3.63) is 54.1 Å². The summed E-state index contributed by atoms with van der Waals surface area (Å²) < 4.78 is 5.39. The maximum Gasteiger partial charge on any atom is 0.257 e. The van der Waals surface area contributed by atoms with Crippen LogP contribution in [0.3, 0.4) is 0 Å². The fourth-order valence-corrected chi connectivity index (χ4v) is 2.91. The van der Waals surface area contributed by atoms with E-state index in [4.69, 9.17) is 10.00 Å². The zero-order valence-electron chi connectivity index (χ0n) is 14.8. The van der Waals surface area contributed by atoms with Gasteiger partial charge in [0.2, 0.25) is 5.91 Å². The number of anilines is 3. The topological polar surface area (TPSA) is 94.5 Å². The maximum absolute atomic E-state index is 12.8. The highest BCUT2D eigenvalue weighted by Crippen LogP contribution is 2.27. The molecule has 0 radical (unpaired) electrons. The number of hydrogen-bond acceptors (Lipinski definition) is 5. The van der Waals surface area contributed by atoms with Crippen molar-refractivity contribution < 1.29 is 14.3 Å². The molecule has 2 aromatic carbocycles. The lowest BCUT2D eigenvalue weighted by atomic mass is 10.1. The number of morpholine rings is 1. The first-order valence-electron chi connectivity index (χ1n) is 8.68. The van der Waals surface area contributed by atoms with E-state index in [1.54, 1.807) is 30.3 Å². The smallest absolute Gasteiger partial charge is 0.257 e. The van der Waals surface area contributed by atoms with Gasteiger partial charge in [-0.3, -0.25) is 9.59 Å². The van der Waals surface area contributed by atoms with Gasteiger partial charge >= 0.3 is 0 Å². The van der Waals surface area contributed by atoms with E-state index in [0.29, 0.717) is 30.2 Å². The minimum absolute atomic E-state index is 0.268. The van der Waals surface area contributed by atoms with Crippen LogP contribution in [0.15, 0.2) is 48.5 Å². The van der Waals surface area contributed by atoms with Gasteiger partial charge in [0.05, 0.1) is 41.9 Å². The lowest BCUT2D eigenvalue weighted by Gasteiger charge is -2.30. The largest absolute Gasteiger partial charge is 0.378 e. The summed E-state index contributed by atoms with van der Waals surface area (Å²) >= 11 is 0. The first-order chi connectivity index (χ1) is 13.2. The van der Waals surface area contributed by atoms with E-state index in [9.17, 15) is 9.59 Å². The van der Waals surface area contributed by atoms with Gasteiger partial charge in [0.25, 0.3) is 5.91 Å². The SMILES string of the molecule is N#CCC(=O)Nc1ccccc1C(=O)Nc1ccccc1N1CCOCC1. The van der Waals surface area contributed by atoms with E-state index in [0.717, 1.165) is 18.8 Å². The normalized spacial score (nSPS) is 13.5. The molecule has 0 aromatic heterocycles. The summed E-state index contributed by atoms with van der Waals surface area (Å²) in [6.07, 6.45) is -0.268. The number of para-hydroxylation sites is 3. The van der Waals surface area contributed by atoms with Crippen molar-refractivity contribution in [1.82, 2.24) is 0 Å². The molecule has 27 heavy (non-hydrogen) atoms. The monoisotopic (exact) mass is 364 g/mol. The first kappa shape index (κ1) is 18.4. The van der Waals surface area contributed by atoms with Gasteiger partial charge in [-0.15, -0.1) is 0 Å². The van der Waals surface area contributed by atoms with E-state index in [-0.39, 0.29) is 12.3 Å². The molecule has 2 amide bonds. The number of nitrogens with zero attached hydrogens (tertiary/aromatic N) is 2. The summed E-state index contributed by atoms with van der Waals surface area (Å²) in [7, 11) is 0. The van der Waals surface area contributed by atoms with Crippen LogP contribution in [0, 0.1) is 11.3 Å². The van der Waals surface area contributed by atoms with Crippen molar-refractivity contribution in [2.45, 2.75) is 6.42 Å².